The number of hydrogen-bond acceptors (Lipinski definition) is 3. The molecule has 0 unspecified atom stereocenters. The molecule has 4 nitrogen and oxygen atoms in total. The van der Waals surface area contributed by atoms with Gasteiger partial charge < -0.3 is 14.7 Å². The highest BCUT2D eigenvalue weighted by molar-refractivity contribution is 6.31. The first-order valence-electron chi connectivity index (χ1n) is 5.37. The van der Waals surface area contributed by atoms with Gasteiger partial charge >= 0.3 is 0 Å². The summed E-state index contributed by atoms with van der Waals surface area (Å²) in [5, 5.41) is 9.56. The van der Waals surface area contributed by atoms with Gasteiger partial charge in [0.2, 0.25) is 0 Å². The zero-order valence-corrected chi connectivity index (χ0v) is 10.5. The zero-order chi connectivity index (χ0) is 12.6. The van der Waals surface area contributed by atoms with Crippen LogP contribution in [0.3, 0.4) is 0 Å². The maximum Gasteiger partial charge on any atom is 0.270 e. The van der Waals surface area contributed by atoms with E-state index in [1.54, 1.807) is 32.0 Å². The fourth-order valence-electron chi connectivity index (χ4n) is 1.86. The minimum absolute atomic E-state index is 0.103. The molecule has 2 rings (SSSR count). The summed E-state index contributed by atoms with van der Waals surface area (Å²) in [5.41, 5.74) is -0.313. The fourth-order valence-corrected chi connectivity index (χ4v) is 2.03. The molecule has 0 aliphatic carbocycles. The number of rotatable bonds is 2. The van der Waals surface area contributed by atoms with Gasteiger partial charge in [0.25, 0.3) is 5.91 Å². The largest absolute Gasteiger partial charge is 0.476 e. The summed E-state index contributed by atoms with van der Waals surface area (Å²) in [4.78, 5) is 13.7. The molecule has 0 aromatic heterocycles. The average molecular weight is 256 g/mol. The Bertz CT molecular complexity index is 459. The Labute approximate surface area is 105 Å². The van der Waals surface area contributed by atoms with E-state index in [0.29, 0.717) is 16.5 Å². The van der Waals surface area contributed by atoms with Crippen molar-refractivity contribution in [3.8, 4) is 5.75 Å². The normalized spacial score (nSPS) is 17.6. The van der Waals surface area contributed by atoms with Crippen LogP contribution in [0.5, 0.6) is 5.75 Å². The van der Waals surface area contributed by atoms with Crippen LogP contribution in [0.4, 0.5) is 5.69 Å². The van der Waals surface area contributed by atoms with Crippen LogP contribution >= 0.6 is 11.6 Å². The van der Waals surface area contributed by atoms with Crippen LogP contribution in [0.1, 0.15) is 13.8 Å². The van der Waals surface area contributed by atoms with Crippen molar-refractivity contribution < 1.29 is 14.6 Å². The summed E-state index contributed by atoms with van der Waals surface area (Å²) < 4.78 is 5.63. The molecule has 1 aliphatic heterocycles. The molecule has 1 aromatic rings. The van der Waals surface area contributed by atoms with Gasteiger partial charge in [-0.05, 0) is 32.0 Å². The molecule has 0 fully saturated rings. The van der Waals surface area contributed by atoms with E-state index in [0.717, 1.165) is 0 Å². The van der Waals surface area contributed by atoms with Gasteiger partial charge in [-0.25, -0.2) is 0 Å². The number of amides is 1. The van der Waals surface area contributed by atoms with Crippen LogP contribution in [0.2, 0.25) is 5.02 Å². The number of ether oxygens (including phenoxy) is 1. The first-order valence-corrected chi connectivity index (χ1v) is 5.75. The molecule has 5 heteroatoms. The number of benzene rings is 1. The molecule has 0 spiro atoms. The number of halogens is 1. The van der Waals surface area contributed by atoms with Crippen molar-refractivity contribution in [2.75, 3.05) is 18.1 Å². The minimum atomic E-state index is -0.921. The van der Waals surface area contributed by atoms with E-state index in [2.05, 4.69) is 0 Å². The summed E-state index contributed by atoms with van der Waals surface area (Å²) in [6, 6.07) is 5.11. The molecule has 0 saturated carbocycles. The molecule has 17 heavy (non-hydrogen) atoms. The maximum absolute atomic E-state index is 12.2. The quantitative estimate of drug-likeness (QED) is 0.877. The lowest BCUT2D eigenvalue weighted by Gasteiger charge is -2.38. The second-order valence-electron chi connectivity index (χ2n) is 4.40. The number of aliphatic hydroxyl groups is 1. The number of carbonyl (C=O) groups is 1. The van der Waals surface area contributed by atoms with Gasteiger partial charge in [-0.3, -0.25) is 4.79 Å². The van der Waals surface area contributed by atoms with Gasteiger partial charge in [-0.2, -0.15) is 0 Å². The lowest BCUT2D eigenvalue weighted by molar-refractivity contribution is -0.132. The Hall–Kier alpha value is -1.26. The van der Waals surface area contributed by atoms with Crippen molar-refractivity contribution in [3.05, 3.63) is 23.2 Å². The molecule has 0 atom stereocenters. The van der Waals surface area contributed by atoms with E-state index >= 15 is 0 Å². The first-order chi connectivity index (χ1) is 7.95. The molecule has 0 radical (unpaired) electrons. The summed E-state index contributed by atoms with van der Waals surface area (Å²) in [5.74, 6) is 0.425. The second-order valence-corrected chi connectivity index (χ2v) is 4.84. The van der Waals surface area contributed by atoms with Gasteiger partial charge in [-0.15, -0.1) is 0 Å². The standard InChI is InChI=1S/C12H14ClNO3/c1-12(2)11(16)14(5-6-15)9-7-8(13)3-4-10(9)17-12/h3-4,7,15H,5-6H2,1-2H3. The maximum atomic E-state index is 12.2. The fraction of sp³-hybridized carbons (Fsp3) is 0.417. The molecule has 1 aromatic carbocycles. The molecule has 92 valence electrons. The minimum Gasteiger partial charge on any atom is -0.476 e. The molecular weight excluding hydrogens is 242 g/mol. The van der Waals surface area contributed by atoms with Crippen molar-refractivity contribution in [3.63, 3.8) is 0 Å². The topological polar surface area (TPSA) is 49.8 Å². The Balaban J connectivity index is 2.51. The van der Waals surface area contributed by atoms with Gasteiger partial charge in [0, 0.05) is 11.6 Å². The van der Waals surface area contributed by atoms with E-state index in [1.165, 1.54) is 4.90 Å². The van der Waals surface area contributed by atoms with E-state index < -0.39 is 5.60 Å². The van der Waals surface area contributed by atoms with Gasteiger partial charge in [-0.1, -0.05) is 11.6 Å². The highest BCUT2D eigenvalue weighted by Gasteiger charge is 2.40. The summed E-state index contributed by atoms with van der Waals surface area (Å²) in [7, 11) is 0. The Kier molecular flexibility index (Phi) is 3.02. The van der Waals surface area contributed by atoms with Crippen molar-refractivity contribution in [2.45, 2.75) is 19.4 Å². The van der Waals surface area contributed by atoms with Gasteiger partial charge in [0.05, 0.1) is 12.3 Å². The first kappa shape index (κ1) is 12.2. The number of hydrogen-bond donors (Lipinski definition) is 1. The lowest BCUT2D eigenvalue weighted by atomic mass is 10.0. The van der Waals surface area contributed by atoms with Crippen LogP contribution in [-0.4, -0.2) is 29.8 Å². The van der Waals surface area contributed by atoms with Crippen LogP contribution in [0, 0.1) is 0 Å². The molecular formula is C12H14ClNO3. The van der Waals surface area contributed by atoms with E-state index in [4.69, 9.17) is 21.4 Å². The average Bonchev–Trinajstić information content (AvgIpc) is 2.26. The summed E-state index contributed by atoms with van der Waals surface area (Å²) in [6.07, 6.45) is 0. The molecule has 0 bridgehead atoms. The Morgan fingerprint density at radius 3 is 2.82 bits per heavy atom. The number of fused-ring (bicyclic) bond motifs is 1. The van der Waals surface area contributed by atoms with Gasteiger partial charge in [0.1, 0.15) is 5.75 Å². The number of anilines is 1. The smallest absolute Gasteiger partial charge is 0.270 e. The van der Waals surface area contributed by atoms with Crippen LogP contribution in [-0.2, 0) is 4.79 Å². The molecule has 0 saturated heterocycles. The lowest BCUT2D eigenvalue weighted by Crippen LogP contribution is -2.53. The second kappa shape index (κ2) is 4.20. The third kappa shape index (κ3) is 2.10. The van der Waals surface area contributed by atoms with Crippen LogP contribution in [0.15, 0.2) is 18.2 Å². The number of nitrogens with zero attached hydrogens (tertiary/aromatic N) is 1. The van der Waals surface area contributed by atoms with Crippen molar-refractivity contribution >= 4 is 23.2 Å². The molecule has 1 heterocycles. The summed E-state index contributed by atoms with van der Waals surface area (Å²) >= 11 is 5.90. The number of aliphatic hydroxyl groups excluding tert-OH is 1. The molecule has 1 amide bonds. The van der Waals surface area contributed by atoms with E-state index in [-0.39, 0.29) is 19.1 Å². The third-order valence-electron chi connectivity index (χ3n) is 2.66. The van der Waals surface area contributed by atoms with E-state index in [9.17, 15) is 4.79 Å². The van der Waals surface area contributed by atoms with Gasteiger partial charge in [0.15, 0.2) is 5.60 Å². The monoisotopic (exact) mass is 255 g/mol. The molecule has 1 N–H and O–H groups in total. The zero-order valence-electron chi connectivity index (χ0n) is 9.74. The molecule has 1 aliphatic rings. The number of β-amino-alcohol motifs (C(OH)–C–C–N with tert-alkyl or cyclic N) is 1. The number of carbonyl (C=O) groups excluding carboxylic acids is 1. The predicted molar refractivity (Wildman–Crippen MR) is 65.6 cm³/mol. The third-order valence-corrected chi connectivity index (χ3v) is 2.90. The van der Waals surface area contributed by atoms with Crippen molar-refractivity contribution in [2.24, 2.45) is 0 Å². The Morgan fingerprint density at radius 2 is 2.18 bits per heavy atom. The predicted octanol–water partition coefficient (Wildman–Crippen LogP) is 1.84. The van der Waals surface area contributed by atoms with E-state index in [1.807, 2.05) is 0 Å². The Morgan fingerprint density at radius 1 is 1.47 bits per heavy atom. The summed E-state index contributed by atoms with van der Waals surface area (Å²) in [6.45, 7) is 3.54. The highest BCUT2D eigenvalue weighted by atomic mass is 35.5. The van der Waals surface area contributed by atoms with Crippen molar-refractivity contribution in [1.29, 1.82) is 0 Å². The SMILES string of the molecule is CC1(C)Oc2ccc(Cl)cc2N(CCO)C1=O. The van der Waals surface area contributed by atoms with Crippen LogP contribution in [0.25, 0.3) is 0 Å². The highest BCUT2D eigenvalue weighted by Crippen LogP contribution is 2.39. The van der Waals surface area contributed by atoms with Crippen molar-refractivity contribution in [1.82, 2.24) is 0 Å². The van der Waals surface area contributed by atoms with Crippen LogP contribution < -0.4 is 9.64 Å².